The number of anilines is 2. The van der Waals surface area contributed by atoms with Crippen molar-refractivity contribution in [2.75, 3.05) is 31.5 Å². The van der Waals surface area contributed by atoms with Gasteiger partial charge in [0, 0.05) is 45.0 Å². The smallest absolute Gasteiger partial charge is 0.354 e. The monoisotopic (exact) mass is 392 g/mol. The van der Waals surface area contributed by atoms with Crippen LogP contribution in [-0.4, -0.2) is 52.8 Å². The van der Waals surface area contributed by atoms with E-state index in [-0.39, 0.29) is 17.5 Å². The molecule has 1 aromatic carbocycles. The van der Waals surface area contributed by atoms with E-state index in [9.17, 15) is 22.8 Å². The van der Waals surface area contributed by atoms with E-state index in [1.165, 1.54) is 31.5 Å². The van der Waals surface area contributed by atoms with Crippen LogP contribution in [0.2, 0.25) is 0 Å². The summed E-state index contributed by atoms with van der Waals surface area (Å²) in [7, 11) is 0. The van der Waals surface area contributed by atoms with Gasteiger partial charge in [-0.1, -0.05) is 6.07 Å². The number of alkyl halides is 3. The molecular formula is C19H19F3N4O2. The minimum atomic E-state index is -4.43. The lowest BCUT2D eigenvalue weighted by Crippen LogP contribution is -2.50. The fourth-order valence-corrected chi connectivity index (χ4v) is 2.97. The first-order valence-electron chi connectivity index (χ1n) is 8.68. The first kappa shape index (κ1) is 19.7. The third-order valence-corrected chi connectivity index (χ3v) is 4.48. The molecule has 9 heteroatoms. The summed E-state index contributed by atoms with van der Waals surface area (Å²) >= 11 is 0. The lowest BCUT2D eigenvalue weighted by Gasteiger charge is -2.34. The average molecular weight is 392 g/mol. The molecular weight excluding hydrogens is 373 g/mol. The van der Waals surface area contributed by atoms with E-state index >= 15 is 0 Å². The second-order valence-electron chi connectivity index (χ2n) is 6.46. The Morgan fingerprint density at radius 3 is 2.32 bits per heavy atom. The molecule has 1 aliphatic rings. The molecule has 1 saturated heterocycles. The number of nitrogens with zero attached hydrogens (tertiary/aromatic N) is 3. The Hall–Kier alpha value is -3.10. The number of benzene rings is 1. The third kappa shape index (κ3) is 4.59. The fraction of sp³-hybridized carbons (Fsp3) is 0.316. The van der Waals surface area contributed by atoms with Crippen LogP contribution in [-0.2, 0) is 11.0 Å². The highest BCUT2D eigenvalue weighted by molar-refractivity contribution is 5.95. The molecule has 148 valence electrons. The minimum absolute atomic E-state index is 0.0268. The molecule has 0 unspecified atom stereocenters. The van der Waals surface area contributed by atoms with Crippen molar-refractivity contribution in [3.63, 3.8) is 0 Å². The third-order valence-electron chi connectivity index (χ3n) is 4.48. The van der Waals surface area contributed by atoms with Gasteiger partial charge in [0.25, 0.3) is 5.91 Å². The Labute approximate surface area is 160 Å². The van der Waals surface area contributed by atoms with E-state index in [1.54, 1.807) is 15.9 Å². The molecule has 1 aromatic heterocycles. The molecule has 0 atom stereocenters. The van der Waals surface area contributed by atoms with E-state index in [4.69, 9.17) is 0 Å². The van der Waals surface area contributed by atoms with Gasteiger partial charge in [-0.3, -0.25) is 14.6 Å². The number of aromatic nitrogens is 1. The van der Waals surface area contributed by atoms with Gasteiger partial charge in [-0.25, -0.2) is 0 Å². The molecule has 1 fully saturated rings. The van der Waals surface area contributed by atoms with Crippen LogP contribution in [0.25, 0.3) is 0 Å². The molecule has 0 saturated carbocycles. The number of halogens is 3. The molecule has 2 heterocycles. The Kier molecular flexibility index (Phi) is 5.53. The molecule has 3 rings (SSSR count). The average Bonchev–Trinajstić information content (AvgIpc) is 2.67. The van der Waals surface area contributed by atoms with Gasteiger partial charge in [-0.15, -0.1) is 0 Å². The molecule has 2 aromatic rings. The van der Waals surface area contributed by atoms with E-state index in [1.807, 2.05) is 0 Å². The second kappa shape index (κ2) is 7.87. The molecule has 28 heavy (non-hydrogen) atoms. The Morgan fingerprint density at radius 2 is 1.68 bits per heavy atom. The van der Waals surface area contributed by atoms with E-state index < -0.39 is 11.7 Å². The summed E-state index contributed by atoms with van der Waals surface area (Å²) in [4.78, 5) is 31.4. The number of rotatable bonds is 3. The number of hydrogen-bond acceptors (Lipinski definition) is 4. The standard InChI is InChI=1S/C19H19F3N4O2/c1-13(27)25-5-7-26(8-6-25)18(28)14-9-17(12-23-11-14)24-16-4-2-3-15(10-16)19(20,21)22/h2-4,9-12,24H,5-8H2,1H3. The lowest BCUT2D eigenvalue weighted by molar-refractivity contribution is -0.137. The van der Waals surface area contributed by atoms with Crippen LogP contribution >= 0.6 is 0 Å². The van der Waals surface area contributed by atoms with Gasteiger partial charge in [0.2, 0.25) is 5.91 Å². The molecule has 1 N–H and O–H groups in total. The van der Waals surface area contributed by atoms with Crippen LogP contribution in [0.4, 0.5) is 24.5 Å². The molecule has 0 aliphatic carbocycles. The fourth-order valence-electron chi connectivity index (χ4n) is 2.97. The van der Waals surface area contributed by atoms with Crippen LogP contribution in [0.15, 0.2) is 42.7 Å². The van der Waals surface area contributed by atoms with E-state index in [2.05, 4.69) is 10.3 Å². The lowest BCUT2D eigenvalue weighted by atomic mass is 10.1. The first-order chi connectivity index (χ1) is 13.2. The number of carbonyl (C=O) groups excluding carboxylic acids is 2. The van der Waals surface area contributed by atoms with Crippen LogP contribution < -0.4 is 5.32 Å². The van der Waals surface area contributed by atoms with Crippen molar-refractivity contribution in [2.45, 2.75) is 13.1 Å². The maximum atomic E-state index is 12.8. The second-order valence-corrected chi connectivity index (χ2v) is 6.46. The largest absolute Gasteiger partial charge is 0.416 e. The number of pyridine rings is 1. The Morgan fingerprint density at radius 1 is 1.00 bits per heavy atom. The molecule has 6 nitrogen and oxygen atoms in total. The van der Waals surface area contributed by atoms with Crippen LogP contribution in [0.5, 0.6) is 0 Å². The van der Waals surface area contributed by atoms with E-state index in [0.29, 0.717) is 37.4 Å². The summed E-state index contributed by atoms with van der Waals surface area (Å²) in [5.41, 5.74) is 0.220. The summed E-state index contributed by atoms with van der Waals surface area (Å²) in [6.45, 7) is 3.27. The quantitative estimate of drug-likeness (QED) is 0.872. The zero-order chi connectivity index (χ0) is 20.3. The van der Waals surface area contributed by atoms with Gasteiger partial charge in [-0.05, 0) is 24.3 Å². The normalized spacial score (nSPS) is 14.7. The maximum Gasteiger partial charge on any atom is 0.416 e. The van der Waals surface area contributed by atoms with Crippen molar-refractivity contribution in [3.8, 4) is 0 Å². The molecule has 2 amide bonds. The van der Waals surface area contributed by atoms with Crippen molar-refractivity contribution >= 4 is 23.2 Å². The first-order valence-corrected chi connectivity index (χ1v) is 8.68. The zero-order valence-corrected chi connectivity index (χ0v) is 15.2. The zero-order valence-electron chi connectivity index (χ0n) is 15.2. The molecule has 0 spiro atoms. The van der Waals surface area contributed by atoms with Gasteiger partial charge < -0.3 is 15.1 Å². The van der Waals surface area contributed by atoms with Crippen molar-refractivity contribution in [1.29, 1.82) is 0 Å². The van der Waals surface area contributed by atoms with Crippen molar-refractivity contribution < 1.29 is 22.8 Å². The summed E-state index contributed by atoms with van der Waals surface area (Å²) in [6, 6.07) is 6.35. The topological polar surface area (TPSA) is 65.5 Å². The van der Waals surface area contributed by atoms with Gasteiger partial charge in [0.15, 0.2) is 0 Å². The van der Waals surface area contributed by atoms with E-state index in [0.717, 1.165) is 12.1 Å². The van der Waals surface area contributed by atoms with Crippen molar-refractivity contribution in [2.24, 2.45) is 0 Å². The Bertz CT molecular complexity index is 877. The predicted molar refractivity (Wildman–Crippen MR) is 97.1 cm³/mol. The Balaban J connectivity index is 1.71. The summed E-state index contributed by atoms with van der Waals surface area (Å²) in [5.74, 6) is -0.260. The van der Waals surface area contributed by atoms with Crippen molar-refractivity contribution in [3.05, 3.63) is 53.9 Å². The predicted octanol–water partition coefficient (Wildman–Crippen LogP) is 3.15. The molecule has 0 bridgehead atoms. The van der Waals surface area contributed by atoms with Gasteiger partial charge in [0.1, 0.15) is 0 Å². The van der Waals surface area contributed by atoms with Crippen LogP contribution in [0.3, 0.4) is 0 Å². The number of nitrogens with one attached hydrogen (secondary N) is 1. The number of carbonyl (C=O) groups is 2. The summed E-state index contributed by atoms with van der Waals surface area (Å²) < 4.78 is 38.5. The highest BCUT2D eigenvalue weighted by Crippen LogP contribution is 2.31. The van der Waals surface area contributed by atoms with Gasteiger partial charge in [0.05, 0.1) is 23.0 Å². The number of amides is 2. The maximum absolute atomic E-state index is 12.8. The highest BCUT2D eigenvalue weighted by atomic mass is 19.4. The molecule has 1 aliphatic heterocycles. The van der Waals surface area contributed by atoms with Crippen molar-refractivity contribution in [1.82, 2.24) is 14.8 Å². The number of piperazine rings is 1. The summed E-state index contributed by atoms with van der Waals surface area (Å²) in [6.07, 6.45) is -1.59. The van der Waals surface area contributed by atoms with Crippen LogP contribution in [0, 0.1) is 0 Å². The minimum Gasteiger partial charge on any atom is -0.354 e. The molecule has 0 radical (unpaired) electrons. The highest BCUT2D eigenvalue weighted by Gasteiger charge is 2.30. The van der Waals surface area contributed by atoms with Crippen LogP contribution in [0.1, 0.15) is 22.8 Å². The van der Waals surface area contributed by atoms with Gasteiger partial charge >= 0.3 is 6.18 Å². The van der Waals surface area contributed by atoms with Gasteiger partial charge in [-0.2, -0.15) is 13.2 Å². The SMILES string of the molecule is CC(=O)N1CCN(C(=O)c2cncc(Nc3cccc(C(F)(F)F)c3)c2)CC1. The number of hydrogen-bond donors (Lipinski definition) is 1. The summed E-state index contributed by atoms with van der Waals surface area (Å²) in [5, 5.41) is 2.85.